The molecule has 4 heterocycles. The van der Waals surface area contributed by atoms with E-state index in [1.807, 2.05) is 36.7 Å². The molecule has 1 N–H and O–H groups in total. The van der Waals surface area contributed by atoms with Gasteiger partial charge in [0.15, 0.2) is 11.4 Å². The van der Waals surface area contributed by atoms with Crippen molar-refractivity contribution < 1.29 is 9.21 Å². The van der Waals surface area contributed by atoms with Crippen molar-refractivity contribution >= 4 is 16.9 Å². The van der Waals surface area contributed by atoms with E-state index in [1.165, 1.54) is 0 Å². The van der Waals surface area contributed by atoms with Gasteiger partial charge >= 0.3 is 0 Å². The minimum absolute atomic E-state index is 0.123. The summed E-state index contributed by atoms with van der Waals surface area (Å²) in [5.41, 5.74) is 2.89. The summed E-state index contributed by atoms with van der Waals surface area (Å²) < 4.78 is 7.30. The van der Waals surface area contributed by atoms with Crippen LogP contribution in [0.15, 0.2) is 59.6 Å². The molecular formula is C21H21N5O2. The predicted octanol–water partition coefficient (Wildman–Crippen LogP) is 3.64. The third kappa shape index (κ3) is 3.51. The molecule has 7 heteroatoms. The smallest absolute Gasteiger partial charge is 0.252 e. The van der Waals surface area contributed by atoms with Crippen molar-refractivity contribution in [2.45, 2.75) is 26.3 Å². The number of fused-ring (bicyclic) bond motifs is 1. The SMILES string of the molecule is CC(C)n1ncc2c(C(=O)NCCc3cccnc3)cc(-c3ccco3)nc21. The summed E-state index contributed by atoms with van der Waals surface area (Å²) in [6, 6.07) is 9.39. The molecule has 0 unspecified atom stereocenters. The number of hydrogen-bond acceptors (Lipinski definition) is 5. The van der Waals surface area contributed by atoms with Crippen LogP contribution in [0.5, 0.6) is 0 Å². The molecule has 0 fully saturated rings. The molecule has 0 aromatic carbocycles. The molecule has 0 aliphatic heterocycles. The summed E-state index contributed by atoms with van der Waals surface area (Å²) >= 11 is 0. The van der Waals surface area contributed by atoms with Crippen molar-refractivity contribution in [3.63, 3.8) is 0 Å². The molecule has 0 saturated carbocycles. The molecule has 4 aromatic heterocycles. The van der Waals surface area contributed by atoms with Crippen LogP contribution in [-0.2, 0) is 6.42 Å². The van der Waals surface area contributed by atoms with Gasteiger partial charge in [-0.1, -0.05) is 6.07 Å². The second-order valence-electron chi connectivity index (χ2n) is 6.82. The van der Waals surface area contributed by atoms with Crippen molar-refractivity contribution in [3.05, 3.63) is 66.3 Å². The Morgan fingerprint density at radius 3 is 2.86 bits per heavy atom. The van der Waals surface area contributed by atoms with E-state index in [2.05, 4.69) is 20.4 Å². The topological polar surface area (TPSA) is 85.8 Å². The molecule has 0 bridgehead atoms. The van der Waals surface area contributed by atoms with Gasteiger partial charge in [-0.15, -0.1) is 0 Å². The number of nitrogens with zero attached hydrogens (tertiary/aromatic N) is 4. The lowest BCUT2D eigenvalue weighted by molar-refractivity contribution is 0.0955. The second kappa shape index (κ2) is 7.64. The minimum Gasteiger partial charge on any atom is -0.463 e. The van der Waals surface area contributed by atoms with E-state index in [4.69, 9.17) is 4.42 Å². The van der Waals surface area contributed by atoms with Crippen LogP contribution in [0.1, 0.15) is 35.8 Å². The fraction of sp³-hybridized carbons (Fsp3) is 0.238. The Kier molecular flexibility index (Phi) is 4.89. The van der Waals surface area contributed by atoms with Gasteiger partial charge in [0.25, 0.3) is 5.91 Å². The third-order valence-electron chi connectivity index (χ3n) is 4.50. The van der Waals surface area contributed by atoms with Crippen LogP contribution >= 0.6 is 0 Å². The maximum Gasteiger partial charge on any atom is 0.252 e. The monoisotopic (exact) mass is 375 g/mol. The Morgan fingerprint density at radius 1 is 1.25 bits per heavy atom. The lowest BCUT2D eigenvalue weighted by atomic mass is 10.1. The quantitative estimate of drug-likeness (QED) is 0.556. The van der Waals surface area contributed by atoms with E-state index < -0.39 is 0 Å². The Bertz CT molecular complexity index is 1080. The molecule has 0 aliphatic carbocycles. The van der Waals surface area contributed by atoms with E-state index in [0.717, 1.165) is 10.9 Å². The number of nitrogens with one attached hydrogen (secondary N) is 1. The van der Waals surface area contributed by atoms with Gasteiger partial charge in [0, 0.05) is 25.0 Å². The Labute approximate surface area is 162 Å². The molecule has 1 amide bonds. The van der Waals surface area contributed by atoms with Crippen LogP contribution in [0.3, 0.4) is 0 Å². The maximum absolute atomic E-state index is 12.9. The summed E-state index contributed by atoms with van der Waals surface area (Å²) in [5, 5.41) is 8.14. The van der Waals surface area contributed by atoms with Crippen LogP contribution in [0.4, 0.5) is 0 Å². The molecule has 0 saturated heterocycles. The van der Waals surface area contributed by atoms with E-state index >= 15 is 0 Å². The fourth-order valence-corrected chi connectivity index (χ4v) is 3.10. The number of carbonyl (C=O) groups is 1. The number of carbonyl (C=O) groups excluding carboxylic acids is 1. The standard InChI is InChI=1S/C21H21N5O2/c1-14(2)26-20-17(13-24-26)16(11-18(25-20)19-6-4-10-28-19)21(27)23-9-7-15-5-3-8-22-12-15/h3-6,8,10-14H,7,9H2,1-2H3,(H,23,27). The number of rotatable bonds is 6. The summed E-state index contributed by atoms with van der Waals surface area (Å²) in [6.07, 6.45) is 7.54. The first-order valence-electron chi connectivity index (χ1n) is 9.22. The minimum atomic E-state index is -0.160. The van der Waals surface area contributed by atoms with Crippen LogP contribution in [0.25, 0.3) is 22.5 Å². The van der Waals surface area contributed by atoms with Gasteiger partial charge in [-0.3, -0.25) is 9.78 Å². The number of pyridine rings is 2. The summed E-state index contributed by atoms with van der Waals surface area (Å²) in [5.74, 6) is 0.454. The number of furan rings is 1. The molecule has 28 heavy (non-hydrogen) atoms. The van der Waals surface area contributed by atoms with Crippen molar-refractivity contribution in [2.24, 2.45) is 0 Å². The molecule has 4 aromatic rings. The van der Waals surface area contributed by atoms with Gasteiger partial charge in [0.2, 0.25) is 0 Å². The molecule has 7 nitrogen and oxygen atoms in total. The van der Waals surface area contributed by atoms with Gasteiger partial charge in [0.1, 0.15) is 5.69 Å². The molecule has 4 rings (SSSR count). The van der Waals surface area contributed by atoms with Crippen LogP contribution in [0.2, 0.25) is 0 Å². The number of aromatic nitrogens is 4. The van der Waals surface area contributed by atoms with Crippen molar-refractivity contribution in [2.75, 3.05) is 6.54 Å². The molecular weight excluding hydrogens is 354 g/mol. The average Bonchev–Trinajstić information content (AvgIpc) is 3.37. The van der Waals surface area contributed by atoms with E-state index in [1.54, 1.807) is 37.0 Å². The summed E-state index contributed by atoms with van der Waals surface area (Å²) in [7, 11) is 0. The molecule has 0 spiro atoms. The zero-order valence-corrected chi connectivity index (χ0v) is 15.8. The highest BCUT2D eigenvalue weighted by Gasteiger charge is 2.19. The highest BCUT2D eigenvalue weighted by molar-refractivity contribution is 6.06. The molecule has 0 atom stereocenters. The highest BCUT2D eigenvalue weighted by atomic mass is 16.3. The largest absolute Gasteiger partial charge is 0.463 e. The van der Waals surface area contributed by atoms with E-state index in [0.29, 0.717) is 35.6 Å². The van der Waals surface area contributed by atoms with Gasteiger partial charge < -0.3 is 9.73 Å². The highest BCUT2D eigenvalue weighted by Crippen LogP contribution is 2.26. The van der Waals surface area contributed by atoms with Crippen LogP contribution in [0, 0.1) is 0 Å². The maximum atomic E-state index is 12.9. The second-order valence-corrected chi connectivity index (χ2v) is 6.82. The van der Waals surface area contributed by atoms with Crippen molar-refractivity contribution in [3.8, 4) is 11.5 Å². The fourth-order valence-electron chi connectivity index (χ4n) is 3.10. The van der Waals surface area contributed by atoms with Crippen molar-refractivity contribution in [1.29, 1.82) is 0 Å². The van der Waals surface area contributed by atoms with Crippen molar-refractivity contribution in [1.82, 2.24) is 25.1 Å². The number of amides is 1. The lowest BCUT2D eigenvalue weighted by Crippen LogP contribution is -2.26. The molecule has 142 valence electrons. The normalized spacial score (nSPS) is 11.2. The van der Waals surface area contributed by atoms with Crippen LogP contribution in [-0.4, -0.2) is 32.2 Å². The summed E-state index contributed by atoms with van der Waals surface area (Å²) in [6.45, 7) is 4.57. The average molecular weight is 375 g/mol. The molecule has 0 radical (unpaired) electrons. The Balaban J connectivity index is 1.65. The first-order chi connectivity index (χ1) is 13.6. The van der Waals surface area contributed by atoms with E-state index in [9.17, 15) is 4.79 Å². The zero-order valence-electron chi connectivity index (χ0n) is 15.8. The Hall–Kier alpha value is -3.48. The van der Waals surface area contributed by atoms with Gasteiger partial charge in [-0.25, -0.2) is 9.67 Å². The number of hydrogen-bond donors (Lipinski definition) is 1. The first kappa shape index (κ1) is 17.9. The molecule has 0 aliphatic rings. The van der Waals surface area contributed by atoms with Gasteiger partial charge in [-0.05, 0) is 50.1 Å². The first-order valence-corrected chi connectivity index (χ1v) is 9.22. The third-order valence-corrected chi connectivity index (χ3v) is 4.50. The van der Waals surface area contributed by atoms with E-state index in [-0.39, 0.29) is 11.9 Å². The van der Waals surface area contributed by atoms with Crippen LogP contribution < -0.4 is 5.32 Å². The van der Waals surface area contributed by atoms with Gasteiger partial charge in [0.05, 0.1) is 23.4 Å². The van der Waals surface area contributed by atoms with Gasteiger partial charge in [-0.2, -0.15) is 5.10 Å². The zero-order chi connectivity index (χ0) is 19.5. The Morgan fingerprint density at radius 2 is 2.14 bits per heavy atom. The predicted molar refractivity (Wildman–Crippen MR) is 106 cm³/mol. The lowest BCUT2D eigenvalue weighted by Gasteiger charge is -2.10. The summed E-state index contributed by atoms with van der Waals surface area (Å²) in [4.78, 5) is 21.7.